The Balaban J connectivity index is 2.94. The van der Waals surface area contributed by atoms with Crippen molar-refractivity contribution in [3.63, 3.8) is 0 Å². The molecule has 3 nitrogen and oxygen atoms in total. The molecule has 0 aliphatic heterocycles. The quantitative estimate of drug-likeness (QED) is 0.761. The fraction of sp³-hybridized carbons (Fsp3) is 0.250. The van der Waals surface area contributed by atoms with Crippen LogP contribution in [0.4, 0.5) is 9.57 Å². The molecule has 5 heteroatoms. The van der Waals surface area contributed by atoms with Crippen LogP contribution in [0.15, 0.2) is 29.2 Å². The number of benzene rings is 1. The van der Waals surface area contributed by atoms with Gasteiger partial charge in [-0.15, -0.1) is 3.89 Å². The van der Waals surface area contributed by atoms with Crippen molar-refractivity contribution < 1.29 is 12.3 Å². The van der Waals surface area contributed by atoms with Crippen molar-refractivity contribution in [3.8, 4) is 0 Å². The largest absolute Gasteiger partial charge is 0.385 e. The average Bonchev–Trinajstić information content (AvgIpc) is 2.04. The number of rotatable bonds is 3. The topological polar surface area (TPSA) is 46.2 Å². The van der Waals surface area contributed by atoms with Gasteiger partial charge < -0.3 is 5.32 Å². The second kappa shape index (κ2) is 3.74. The molecule has 0 spiro atoms. The minimum absolute atomic E-state index is 0.311. The summed E-state index contributed by atoms with van der Waals surface area (Å²) in [6.07, 6.45) is 0. The Bertz CT molecular complexity index is 372. The van der Waals surface area contributed by atoms with Crippen LogP contribution >= 0.6 is 0 Å². The summed E-state index contributed by atoms with van der Waals surface area (Å²) in [5.74, 6) is 0. The van der Waals surface area contributed by atoms with Crippen molar-refractivity contribution in [3.05, 3.63) is 24.3 Å². The molecule has 0 aromatic heterocycles. The number of halogens is 1. The summed E-state index contributed by atoms with van der Waals surface area (Å²) in [4.78, 5) is -0.311. The maximum absolute atomic E-state index is 12.4. The first kappa shape index (κ1) is 9.98. The number of hydrogen-bond acceptors (Lipinski definition) is 3. The van der Waals surface area contributed by atoms with Crippen molar-refractivity contribution in [1.82, 2.24) is 0 Å². The minimum Gasteiger partial charge on any atom is -0.385 e. The second-order valence-electron chi connectivity index (χ2n) is 2.49. The van der Waals surface area contributed by atoms with Crippen LogP contribution in [0.5, 0.6) is 0 Å². The summed E-state index contributed by atoms with van der Waals surface area (Å²) < 4.78 is 33.2. The maximum Gasteiger partial charge on any atom is 0.332 e. The van der Waals surface area contributed by atoms with E-state index in [1.165, 1.54) is 24.3 Å². The van der Waals surface area contributed by atoms with E-state index in [-0.39, 0.29) is 4.90 Å². The van der Waals surface area contributed by atoms with Gasteiger partial charge in [-0.05, 0) is 31.2 Å². The van der Waals surface area contributed by atoms with Gasteiger partial charge in [0, 0.05) is 12.2 Å². The third-order valence-electron chi connectivity index (χ3n) is 1.52. The molecule has 0 saturated carbocycles. The number of hydrogen-bond donors (Lipinski definition) is 1. The molecule has 0 bridgehead atoms. The zero-order valence-corrected chi connectivity index (χ0v) is 7.94. The van der Waals surface area contributed by atoms with E-state index in [0.717, 1.165) is 12.2 Å². The van der Waals surface area contributed by atoms with Crippen LogP contribution in [0.1, 0.15) is 6.92 Å². The van der Waals surface area contributed by atoms with E-state index in [0.29, 0.717) is 0 Å². The monoisotopic (exact) mass is 203 g/mol. The summed E-state index contributed by atoms with van der Waals surface area (Å²) in [7, 11) is -4.56. The Hall–Kier alpha value is -1.10. The van der Waals surface area contributed by atoms with Gasteiger partial charge in [-0.3, -0.25) is 0 Å². The second-order valence-corrected chi connectivity index (χ2v) is 3.84. The fourth-order valence-electron chi connectivity index (χ4n) is 0.939. The van der Waals surface area contributed by atoms with Gasteiger partial charge in [0.05, 0.1) is 4.90 Å². The van der Waals surface area contributed by atoms with Crippen molar-refractivity contribution in [2.24, 2.45) is 0 Å². The molecule has 0 heterocycles. The molecule has 1 aromatic carbocycles. The minimum atomic E-state index is -4.56. The zero-order valence-electron chi connectivity index (χ0n) is 7.12. The highest BCUT2D eigenvalue weighted by Gasteiger charge is 2.10. The van der Waals surface area contributed by atoms with Crippen molar-refractivity contribution in [1.29, 1.82) is 0 Å². The zero-order chi connectivity index (χ0) is 9.90. The van der Waals surface area contributed by atoms with Crippen LogP contribution in [-0.4, -0.2) is 15.0 Å². The summed E-state index contributed by atoms with van der Waals surface area (Å²) >= 11 is 0. The molecule has 0 radical (unpaired) electrons. The van der Waals surface area contributed by atoms with Gasteiger partial charge in [-0.2, -0.15) is 8.42 Å². The van der Waals surface area contributed by atoms with E-state index in [4.69, 9.17) is 0 Å². The van der Waals surface area contributed by atoms with E-state index in [1.54, 1.807) is 0 Å². The van der Waals surface area contributed by atoms with Crippen LogP contribution in [-0.2, 0) is 10.2 Å². The van der Waals surface area contributed by atoms with Gasteiger partial charge in [0.25, 0.3) is 0 Å². The highest BCUT2D eigenvalue weighted by atomic mass is 32.3. The highest BCUT2D eigenvalue weighted by Crippen LogP contribution is 2.15. The predicted octanol–water partition coefficient (Wildman–Crippen LogP) is 1.78. The lowest BCUT2D eigenvalue weighted by Crippen LogP contribution is -1.97. The first-order valence-corrected chi connectivity index (χ1v) is 5.21. The molecule has 1 N–H and O–H groups in total. The molecule has 0 unspecified atom stereocenters. The molecule has 0 atom stereocenters. The normalized spacial score (nSPS) is 11.2. The lowest BCUT2D eigenvalue weighted by atomic mass is 10.3. The Morgan fingerprint density at radius 2 is 1.85 bits per heavy atom. The Morgan fingerprint density at radius 1 is 1.31 bits per heavy atom. The number of anilines is 1. The molecule has 1 rings (SSSR count). The standard InChI is InChI=1S/C8H10FNO2S/c1-2-10-7-3-5-8(6-4-7)13(9,11)12/h3-6,10H,2H2,1H3. The highest BCUT2D eigenvalue weighted by molar-refractivity contribution is 7.86. The summed E-state index contributed by atoms with van der Waals surface area (Å²) in [6, 6.07) is 5.51. The molecule has 0 aliphatic carbocycles. The van der Waals surface area contributed by atoms with Crippen LogP contribution < -0.4 is 5.32 Å². The van der Waals surface area contributed by atoms with E-state index in [2.05, 4.69) is 5.32 Å². The lowest BCUT2D eigenvalue weighted by Gasteiger charge is -2.02. The molecule has 1 aromatic rings. The summed E-state index contributed by atoms with van der Waals surface area (Å²) in [5, 5.41) is 2.97. The third kappa shape index (κ3) is 2.69. The van der Waals surface area contributed by atoms with Gasteiger partial charge in [0.1, 0.15) is 0 Å². The third-order valence-corrected chi connectivity index (χ3v) is 2.35. The molecule has 0 fully saturated rings. The molecule has 0 aliphatic rings. The first-order chi connectivity index (χ1) is 6.04. The van der Waals surface area contributed by atoms with Crippen molar-refractivity contribution in [2.75, 3.05) is 11.9 Å². The van der Waals surface area contributed by atoms with Gasteiger partial charge in [0.15, 0.2) is 0 Å². The van der Waals surface area contributed by atoms with Crippen LogP contribution in [0.25, 0.3) is 0 Å². The maximum atomic E-state index is 12.4. The molecule has 0 saturated heterocycles. The lowest BCUT2D eigenvalue weighted by molar-refractivity contribution is 0.552. The summed E-state index contributed by atoms with van der Waals surface area (Å²) in [6.45, 7) is 2.65. The van der Waals surface area contributed by atoms with Crippen LogP contribution in [0, 0.1) is 0 Å². The van der Waals surface area contributed by atoms with E-state index < -0.39 is 10.2 Å². The average molecular weight is 203 g/mol. The van der Waals surface area contributed by atoms with Gasteiger partial charge in [0.2, 0.25) is 0 Å². The Kier molecular flexibility index (Phi) is 2.87. The molecule has 0 amide bonds. The van der Waals surface area contributed by atoms with E-state index in [9.17, 15) is 12.3 Å². The Morgan fingerprint density at radius 3 is 2.23 bits per heavy atom. The smallest absolute Gasteiger partial charge is 0.332 e. The Labute approximate surface area is 76.8 Å². The van der Waals surface area contributed by atoms with Crippen molar-refractivity contribution in [2.45, 2.75) is 11.8 Å². The van der Waals surface area contributed by atoms with E-state index >= 15 is 0 Å². The summed E-state index contributed by atoms with van der Waals surface area (Å²) in [5.41, 5.74) is 0.773. The van der Waals surface area contributed by atoms with Crippen LogP contribution in [0.3, 0.4) is 0 Å². The SMILES string of the molecule is CCNc1ccc(S(=O)(=O)F)cc1. The first-order valence-electron chi connectivity index (χ1n) is 3.82. The van der Waals surface area contributed by atoms with Gasteiger partial charge in [-0.1, -0.05) is 0 Å². The fourth-order valence-corrected chi connectivity index (χ4v) is 1.40. The molecule has 72 valence electrons. The molecular formula is C8H10FNO2S. The van der Waals surface area contributed by atoms with Crippen molar-refractivity contribution >= 4 is 15.9 Å². The molecule has 13 heavy (non-hydrogen) atoms. The van der Waals surface area contributed by atoms with Crippen LogP contribution in [0.2, 0.25) is 0 Å². The predicted molar refractivity (Wildman–Crippen MR) is 48.9 cm³/mol. The number of nitrogens with one attached hydrogen (secondary N) is 1. The van der Waals surface area contributed by atoms with Gasteiger partial charge in [-0.25, -0.2) is 0 Å². The van der Waals surface area contributed by atoms with E-state index in [1.807, 2.05) is 6.92 Å². The molecular weight excluding hydrogens is 193 g/mol. The van der Waals surface area contributed by atoms with Gasteiger partial charge >= 0.3 is 10.2 Å².